The lowest BCUT2D eigenvalue weighted by molar-refractivity contribution is -0.385. The van der Waals surface area contributed by atoms with Gasteiger partial charge in [0.1, 0.15) is 11.4 Å². The maximum atomic E-state index is 13.3. The number of nitro groups is 1. The molecule has 2 N–H and O–H groups in total. The van der Waals surface area contributed by atoms with Crippen LogP contribution in [0.5, 0.6) is 0 Å². The van der Waals surface area contributed by atoms with Gasteiger partial charge in [0.25, 0.3) is 11.6 Å². The van der Waals surface area contributed by atoms with Crippen molar-refractivity contribution in [2.24, 2.45) is 0 Å². The molecule has 2 aromatic carbocycles. The zero-order valence-electron chi connectivity index (χ0n) is 13.5. The lowest BCUT2D eigenvalue weighted by Gasteiger charge is -2.06. The summed E-state index contributed by atoms with van der Waals surface area (Å²) in [6, 6.07) is 8.88. The molecule has 1 amide bonds. The molecule has 3 aromatic rings. The van der Waals surface area contributed by atoms with E-state index in [4.69, 9.17) is 0 Å². The Kier molecular flexibility index (Phi) is 4.47. The smallest absolute Gasteiger partial charge is 0.282 e. The number of amides is 1. The van der Waals surface area contributed by atoms with Gasteiger partial charge in [0, 0.05) is 29.7 Å². The van der Waals surface area contributed by atoms with E-state index in [1.165, 1.54) is 0 Å². The third-order valence-corrected chi connectivity index (χ3v) is 4.00. The van der Waals surface area contributed by atoms with Crippen molar-refractivity contribution in [1.82, 2.24) is 10.3 Å². The molecule has 0 spiro atoms. The van der Waals surface area contributed by atoms with Gasteiger partial charge in [0.05, 0.1) is 4.92 Å². The summed E-state index contributed by atoms with van der Waals surface area (Å²) in [6.07, 6.45) is 2.43. The van der Waals surface area contributed by atoms with Crippen molar-refractivity contribution in [1.29, 1.82) is 0 Å². The summed E-state index contributed by atoms with van der Waals surface area (Å²) in [5.74, 6) is -1.36. The molecular weight excluding hydrogens is 325 g/mol. The first-order valence-electron chi connectivity index (χ1n) is 7.74. The quantitative estimate of drug-likeness (QED) is 0.550. The Bertz CT molecular complexity index is 965. The second kappa shape index (κ2) is 6.72. The van der Waals surface area contributed by atoms with Gasteiger partial charge in [-0.05, 0) is 42.7 Å². The molecule has 25 heavy (non-hydrogen) atoms. The molecule has 0 fully saturated rings. The third kappa shape index (κ3) is 3.50. The number of aromatic amines is 1. The summed E-state index contributed by atoms with van der Waals surface area (Å²) >= 11 is 0. The van der Waals surface area contributed by atoms with E-state index in [0.717, 1.165) is 40.2 Å². The van der Waals surface area contributed by atoms with Crippen LogP contribution in [0.15, 0.2) is 42.6 Å². The molecule has 0 unspecified atom stereocenters. The van der Waals surface area contributed by atoms with Crippen LogP contribution in [0.25, 0.3) is 10.9 Å². The Hall–Kier alpha value is -3.22. The van der Waals surface area contributed by atoms with Crippen LogP contribution in [-0.4, -0.2) is 22.4 Å². The summed E-state index contributed by atoms with van der Waals surface area (Å²) in [5, 5.41) is 14.6. The Morgan fingerprint density at radius 1 is 1.28 bits per heavy atom. The van der Waals surface area contributed by atoms with Crippen LogP contribution >= 0.6 is 0 Å². The monoisotopic (exact) mass is 341 g/mol. The average Bonchev–Trinajstić information content (AvgIpc) is 2.96. The Morgan fingerprint density at radius 2 is 2.08 bits per heavy atom. The maximum absolute atomic E-state index is 13.3. The van der Waals surface area contributed by atoms with Gasteiger partial charge < -0.3 is 10.3 Å². The van der Waals surface area contributed by atoms with Gasteiger partial charge in [0.15, 0.2) is 0 Å². The van der Waals surface area contributed by atoms with Crippen molar-refractivity contribution in [3.63, 3.8) is 0 Å². The average molecular weight is 341 g/mol. The lowest BCUT2D eigenvalue weighted by atomic mass is 10.1. The van der Waals surface area contributed by atoms with Crippen LogP contribution in [0.3, 0.4) is 0 Å². The van der Waals surface area contributed by atoms with E-state index in [9.17, 15) is 19.3 Å². The number of fused-ring (bicyclic) bond motifs is 1. The molecular formula is C18H16FN3O3. The highest BCUT2D eigenvalue weighted by atomic mass is 19.1. The highest BCUT2D eigenvalue weighted by Gasteiger charge is 2.20. The number of H-pyrrole nitrogens is 1. The summed E-state index contributed by atoms with van der Waals surface area (Å²) in [7, 11) is 0. The number of hydrogen-bond donors (Lipinski definition) is 2. The molecule has 0 radical (unpaired) electrons. The summed E-state index contributed by atoms with van der Waals surface area (Å²) in [5.41, 5.74) is 2.50. The largest absolute Gasteiger partial charge is 0.361 e. The molecule has 1 heterocycles. The van der Waals surface area contributed by atoms with E-state index < -0.39 is 22.3 Å². The number of halogens is 1. The molecule has 0 atom stereocenters. The van der Waals surface area contributed by atoms with Crippen molar-refractivity contribution in [3.05, 3.63) is 75.2 Å². The van der Waals surface area contributed by atoms with Crippen LogP contribution in [0, 0.1) is 22.9 Å². The first-order valence-corrected chi connectivity index (χ1v) is 7.74. The van der Waals surface area contributed by atoms with Gasteiger partial charge >= 0.3 is 0 Å². The van der Waals surface area contributed by atoms with Gasteiger partial charge in [-0.2, -0.15) is 0 Å². The maximum Gasteiger partial charge on any atom is 0.282 e. The molecule has 7 heteroatoms. The fraction of sp³-hybridized carbons (Fsp3) is 0.167. The Morgan fingerprint density at radius 3 is 2.84 bits per heavy atom. The van der Waals surface area contributed by atoms with E-state index in [1.807, 2.05) is 31.3 Å². The van der Waals surface area contributed by atoms with Crippen molar-refractivity contribution in [2.75, 3.05) is 6.54 Å². The minimum Gasteiger partial charge on any atom is -0.361 e. The molecule has 0 saturated carbocycles. The fourth-order valence-corrected chi connectivity index (χ4v) is 2.76. The SMILES string of the molecule is Cc1ccc2c(CCNC(=O)c3cc(F)ccc3[N+](=O)[O-])c[nH]c2c1. The normalized spacial score (nSPS) is 10.8. The number of nitro benzene ring substituents is 1. The Balaban J connectivity index is 1.70. The molecule has 128 valence electrons. The summed E-state index contributed by atoms with van der Waals surface area (Å²) in [6.45, 7) is 2.29. The van der Waals surface area contributed by atoms with Crippen LogP contribution in [0.2, 0.25) is 0 Å². The van der Waals surface area contributed by atoms with Gasteiger partial charge in [-0.15, -0.1) is 0 Å². The standard InChI is InChI=1S/C18H16FN3O3/c1-11-2-4-14-12(10-21-16(14)8-11)6-7-20-18(23)15-9-13(19)3-5-17(15)22(24)25/h2-5,8-10,21H,6-7H2,1H3,(H,20,23). The highest BCUT2D eigenvalue weighted by Crippen LogP contribution is 2.21. The van der Waals surface area contributed by atoms with E-state index in [2.05, 4.69) is 10.3 Å². The number of benzene rings is 2. The number of aryl methyl sites for hydroxylation is 1. The number of nitrogens with zero attached hydrogens (tertiary/aromatic N) is 1. The van der Waals surface area contributed by atoms with E-state index in [-0.39, 0.29) is 12.1 Å². The predicted molar refractivity (Wildman–Crippen MR) is 92.1 cm³/mol. The number of carbonyl (C=O) groups is 1. The molecule has 3 rings (SSSR count). The summed E-state index contributed by atoms with van der Waals surface area (Å²) < 4.78 is 13.3. The van der Waals surface area contributed by atoms with Gasteiger partial charge in [-0.25, -0.2) is 4.39 Å². The fourth-order valence-electron chi connectivity index (χ4n) is 2.76. The highest BCUT2D eigenvalue weighted by molar-refractivity contribution is 5.98. The zero-order chi connectivity index (χ0) is 18.0. The molecule has 0 aliphatic carbocycles. The summed E-state index contributed by atoms with van der Waals surface area (Å²) in [4.78, 5) is 25.6. The number of carbonyl (C=O) groups excluding carboxylic acids is 1. The molecule has 0 bridgehead atoms. The van der Waals surface area contributed by atoms with Gasteiger partial charge in [0.2, 0.25) is 0 Å². The minimum atomic E-state index is -0.698. The lowest BCUT2D eigenvalue weighted by Crippen LogP contribution is -2.26. The first-order chi connectivity index (χ1) is 12.0. The van der Waals surface area contributed by atoms with Crippen LogP contribution in [0.4, 0.5) is 10.1 Å². The van der Waals surface area contributed by atoms with Gasteiger partial charge in [-0.1, -0.05) is 12.1 Å². The molecule has 1 aromatic heterocycles. The number of rotatable bonds is 5. The predicted octanol–water partition coefficient (Wildman–Crippen LogP) is 3.50. The van der Waals surface area contributed by atoms with E-state index >= 15 is 0 Å². The van der Waals surface area contributed by atoms with Crippen molar-refractivity contribution in [3.8, 4) is 0 Å². The van der Waals surface area contributed by atoms with Crippen LogP contribution in [0.1, 0.15) is 21.5 Å². The number of nitrogens with one attached hydrogen (secondary N) is 2. The molecule has 6 nitrogen and oxygen atoms in total. The molecule has 0 saturated heterocycles. The van der Waals surface area contributed by atoms with Crippen LogP contribution < -0.4 is 5.32 Å². The van der Waals surface area contributed by atoms with E-state index in [0.29, 0.717) is 6.42 Å². The second-order valence-corrected chi connectivity index (χ2v) is 5.79. The van der Waals surface area contributed by atoms with Gasteiger partial charge in [-0.3, -0.25) is 14.9 Å². The van der Waals surface area contributed by atoms with Crippen molar-refractivity contribution < 1.29 is 14.1 Å². The zero-order valence-corrected chi connectivity index (χ0v) is 13.5. The topological polar surface area (TPSA) is 88.0 Å². The van der Waals surface area contributed by atoms with Crippen molar-refractivity contribution in [2.45, 2.75) is 13.3 Å². The third-order valence-electron chi connectivity index (χ3n) is 4.00. The second-order valence-electron chi connectivity index (χ2n) is 5.79. The number of aromatic nitrogens is 1. The van der Waals surface area contributed by atoms with Crippen LogP contribution in [-0.2, 0) is 6.42 Å². The minimum absolute atomic E-state index is 0.278. The van der Waals surface area contributed by atoms with E-state index in [1.54, 1.807) is 0 Å². The first kappa shape index (κ1) is 16.6. The number of hydrogen-bond acceptors (Lipinski definition) is 3. The molecule has 0 aliphatic heterocycles. The molecule has 0 aliphatic rings. The van der Waals surface area contributed by atoms with Crippen molar-refractivity contribution >= 4 is 22.5 Å². The Labute approximate surface area is 142 Å².